The highest BCUT2D eigenvalue weighted by Crippen LogP contribution is 2.19. The van der Waals surface area contributed by atoms with Crippen LogP contribution in [0.2, 0.25) is 0 Å². The fraction of sp³-hybridized carbons (Fsp3) is 0.500. The molecule has 0 saturated carbocycles. The Hall–Kier alpha value is -0.610. The van der Waals surface area contributed by atoms with Crippen molar-refractivity contribution in [2.45, 2.75) is 37.5 Å². The molecule has 16 heavy (non-hydrogen) atoms. The number of aliphatic hydroxyl groups excluding tert-OH is 1. The third-order valence-electron chi connectivity index (χ3n) is 2.21. The van der Waals surface area contributed by atoms with E-state index in [1.165, 1.54) is 12.0 Å². The Morgan fingerprint density at radius 2 is 1.69 bits per heavy atom. The van der Waals surface area contributed by atoms with Crippen LogP contribution >= 0.6 is 12.6 Å². The summed E-state index contributed by atoms with van der Waals surface area (Å²) >= 11 is 4.23. The molecule has 1 aromatic carbocycles. The number of alkyl halides is 2. The average Bonchev–Trinajstić information content (AvgIpc) is 2.29. The van der Waals surface area contributed by atoms with Gasteiger partial charge in [0.05, 0.1) is 0 Å². The molecule has 0 aliphatic heterocycles. The molecule has 92 valence electrons. The average molecular weight is 248 g/mol. The van der Waals surface area contributed by atoms with Crippen LogP contribution in [0.3, 0.4) is 0 Å². The van der Waals surface area contributed by atoms with Crippen LogP contribution in [-0.2, 0) is 0 Å². The molecule has 1 N–H and O–H groups in total. The zero-order valence-electron chi connectivity index (χ0n) is 9.53. The minimum absolute atomic E-state index is 0.670. The first-order chi connectivity index (χ1) is 7.51. The van der Waals surface area contributed by atoms with Gasteiger partial charge in [-0.05, 0) is 30.0 Å². The van der Waals surface area contributed by atoms with Gasteiger partial charge in [0.15, 0.2) is 0 Å². The Bertz CT molecular complexity index is 275. The maximum absolute atomic E-state index is 10.5. The summed E-state index contributed by atoms with van der Waals surface area (Å²) in [5.74, 6) is 0.670. The van der Waals surface area contributed by atoms with Crippen molar-refractivity contribution >= 4 is 12.6 Å². The topological polar surface area (TPSA) is 20.2 Å². The highest BCUT2D eigenvalue weighted by molar-refractivity contribution is 7.80. The van der Waals surface area contributed by atoms with Gasteiger partial charge in [0.2, 0.25) is 0 Å². The van der Waals surface area contributed by atoms with E-state index in [0.29, 0.717) is 5.92 Å². The van der Waals surface area contributed by atoms with Gasteiger partial charge in [-0.1, -0.05) is 26.0 Å². The van der Waals surface area contributed by atoms with Crippen molar-refractivity contribution in [1.82, 2.24) is 0 Å². The van der Waals surface area contributed by atoms with E-state index in [0.717, 1.165) is 4.90 Å². The summed E-state index contributed by atoms with van der Waals surface area (Å²) in [5, 5.41) is 7.39. The lowest BCUT2D eigenvalue weighted by Gasteiger charge is -2.07. The highest BCUT2D eigenvalue weighted by Gasteiger charge is 2.00. The first-order valence-corrected chi connectivity index (χ1v) is 5.63. The molecular weight excluding hydrogens is 230 g/mol. The van der Waals surface area contributed by atoms with Crippen LogP contribution in [0.15, 0.2) is 29.2 Å². The fourth-order valence-corrected chi connectivity index (χ4v) is 1.19. The molecule has 1 rings (SSSR count). The second-order valence-corrected chi connectivity index (χ2v) is 3.99. The predicted molar refractivity (Wildman–Crippen MR) is 65.5 cm³/mol. The van der Waals surface area contributed by atoms with E-state index in [2.05, 4.69) is 38.6 Å². The van der Waals surface area contributed by atoms with Crippen molar-refractivity contribution in [3.8, 4) is 0 Å². The Morgan fingerprint density at radius 1 is 1.25 bits per heavy atom. The van der Waals surface area contributed by atoms with Crippen molar-refractivity contribution in [2.24, 2.45) is 0 Å². The molecule has 1 unspecified atom stereocenters. The largest absolute Gasteiger partial charge is 0.390 e. The fourth-order valence-electron chi connectivity index (χ4n) is 1.04. The summed E-state index contributed by atoms with van der Waals surface area (Å²) in [6.45, 7) is 3.42. The van der Waals surface area contributed by atoms with E-state index in [1.54, 1.807) is 0 Å². The second-order valence-electron chi connectivity index (χ2n) is 3.47. The Balaban J connectivity index is 0.000000385. The van der Waals surface area contributed by atoms with E-state index in [4.69, 9.17) is 5.11 Å². The lowest BCUT2D eigenvalue weighted by molar-refractivity contribution is 0.0700. The van der Waals surface area contributed by atoms with Gasteiger partial charge in [-0.3, -0.25) is 0 Å². The van der Waals surface area contributed by atoms with Crippen LogP contribution in [0.4, 0.5) is 8.78 Å². The molecular formula is C12H18F2OS. The van der Waals surface area contributed by atoms with E-state index in [9.17, 15) is 8.78 Å². The summed E-state index contributed by atoms with van der Waals surface area (Å²) < 4.78 is 21.0. The zero-order valence-corrected chi connectivity index (χ0v) is 10.4. The standard InChI is InChI=1S/C10H14S.C2H4F2O/c1-3-8(2)9-4-6-10(11)7-5-9;3-2(4)1-5/h4-8,11H,3H2,1-2H3;2,5H,1H2. The lowest BCUT2D eigenvalue weighted by atomic mass is 9.99. The van der Waals surface area contributed by atoms with E-state index in [1.807, 2.05) is 12.1 Å². The van der Waals surface area contributed by atoms with Crippen molar-refractivity contribution in [1.29, 1.82) is 0 Å². The molecule has 0 heterocycles. The normalized spacial score (nSPS) is 11.9. The lowest BCUT2D eigenvalue weighted by Crippen LogP contribution is -1.94. The maximum Gasteiger partial charge on any atom is 0.261 e. The first-order valence-electron chi connectivity index (χ1n) is 5.19. The molecule has 1 aromatic rings. The van der Waals surface area contributed by atoms with Crippen LogP contribution in [0.5, 0.6) is 0 Å². The van der Waals surface area contributed by atoms with Gasteiger partial charge in [-0.15, -0.1) is 12.6 Å². The molecule has 0 spiro atoms. The van der Waals surface area contributed by atoms with Crippen molar-refractivity contribution in [3.05, 3.63) is 29.8 Å². The molecule has 1 atom stereocenters. The number of halogens is 2. The smallest absolute Gasteiger partial charge is 0.261 e. The summed E-state index contributed by atoms with van der Waals surface area (Å²) in [7, 11) is 0. The number of hydrogen-bond acceptors (Lipinski definition) is 2. The van der Waals surface area contributed by atoms with E-state index >= 15 is 0 Å². The first kappa shape index (κ1) is 15.4. The highest BCUT2D eigenvalue weighted by atomic mass is 32.1. The second kappa shape index (κ2) is 8.53. The molecule has 4 heteroatoms. The molecule has 0 aliphatic rings. The molecule has 0 radical (unpaired) electrons. The number of thiol groups is 1. The Morgan fingerprint density at radius 3 is 2.00 bits per heavy atom. The Kier molecular flexibility index (Phi) is 8.21. The quantitative estimate of drug-likeness (QED) is 0.781. The Labute approximate surface area is 101 Å². The number of aliphatic hydroxyl groups is 1. The molecule has 0 aromatic heterocycles. The van der Waals surface area contributed by atoms with Gasteiger partial charge in [0.25, 0.3) is 6.43 Å². The van der Waals surface area contributed by atoms with Crippen molar-refractivity contribution in [3.63, 3.8) is 0 Å². The summed E-state index contributed by atoms with van der Waals surface area (Å²) in [6.07, 6.45) is -1.36. The van der Waals surface area contributed by atoms with Crippen LogP contribution in [0, 0.1) is 0 Å². The van der Waals surface area contributed by atoms with Crippen molar-refractivity contribution in [2.75, 3.05) is 6.61 Å². The van der Waals surface area contributed by atoms with Crippen LogP contribution in [0.1, 0.15) is 31.7 Å². The van der Waals surface area contributed by atoms with Gasteiger partial charge in [-0.25, -0.2) is 8.78 Å². The minimum atomic E-state index is -2.56. The van der Waals surface area contributed by atoms with Crippen molar-refractivity contribution < 1.29 is 13.9 Å². The summed E-state index contributed by atoms with van der Waals surface area (Å²) in [6, 6.07) is 8.39. The third kappa shape index (κ3) is 6.80. The minimum Gasteiger partial charge on any atom is -0.390 e. The molecule has 1 nitrogen and oxygen atoms in total. The maximum atomic E-state index is 10.5. The molecule has 0 amide bonds. The van der Waals surface area contributed by atoms with Gasteiger partial charge in [-0.2, -0.15) is 0 Å². The monoisotopic (exact) mass is 248 g/mol. The molecule has 0 saturated heterocycles. The van der Waals surface area contributed by atoms with Crippen LogP contribution in [0.25, 0.3) is 0 Å². The van der Waals surface area contributed by atoms with Crippen LogP contribution < -0.4 is 0 Å². The van der Waals surface area contributed by atoms with E-state index in [-0.39, 0.29) is 0 Å². The number of benzene rings is 1. The summed E-state index contributed by atoms with van der Waals surface area (Å²) in [5.41, 5.74) is 1.41. The third-order valence-corrected chi connectivity index (χ3v) is 2.51. The van der Waals surface area contributed by atoms with E-state index < -0.39 is 13.0 Å². The summed E-state index contributed by atoms with van der Waals surface area (Å²) in [4.78, 5) is 1.04. The SMILES string of the molecule is CCC(C)c1ccc(S)cc1.OCC(F)F. The molecule has 0 aliphatic carbocycles. The number of hydrogen-bond donors (Lipinski definition) is 2. The predicted octanol–water partition coefficient (Wildman–Crippen LogP) is 3.73. The molecule has 0 bridgehead atoms. The van der Waals surface area contributed by atoms with Crippen LogP contribution in [-0.4, -0.2) is 18.1 Å². The molecule has 0 fully saturated rings. The van der Waals surface area contributed by atoms with Gasteiger partial charge in [0.1, 0.15) is 6.61 Å². The van der Waals surface area contributed by atoms with Gasteiger partial charge < -0.3 is 5.11 Å². The zero-order chi connectivity index (χ0) is 12.6. The van der Waals surface area contributed by atoms with Gasteiger partial charge in [0, 0.05) is 4.90 Å². The number of rotatable bonds is 3. The van der Waals surface area contributed by atoms with Gasteiger partial charge >= 0.3 is 0 Å².